The fourth-order valence-electron chi connectivity index (χ4n) is 1.12. The SMILES string of the molecule is CC(C)(CBr)CCCCCCBr. The maximum atomic E-state index is 3.55. The molecule has 0 saturated heterocycles. The Labute approximate surface area is 93.8 Å². The van der Waals surface area contributed by atoms with E-state index in [0.717, 1.165) is 10.7 Å². The van der Waals surface area contributed by atoms with Crippen molar-refractivity contribution >= 4 is 31.9 Å². The maximum absolute atomic E-state index is 3.55. The molecule has 0 aliphatic rings. The Morgan fingerprint density at radius 3 is 2.00 bits per heavy atom. The van der Waals surface area contributed by atoms with Crippen LogP contribution in [0, 0.1) is 5.41 Å². The Morgan fingerprint density at radius 1 is 0.917 bits per heavy atom. The summed E-state index contributed by atoms with van der Waals surface area (Å²) < 4.78 is 0. The number of halogens is 2. The fraction of sp³-hybridized carbons (Fsp3) is 1.00. The Balaban J connectivity index is 3.19. The molecular formula is C10H20Br2. The third kappa shape index (κ3) is 7.60. The van der Waals surface area contributed by atoms with Crippen molar-refractivity contribution in [1.29, 1.82) is 0 Å². The van der Waals surface area contributed by atoms with Crippen LogP contribution in [-0.4, -0.2) is 10.7 Å². The van der Waals surface area contributed by atoms with Crippen LogP contribution in [-0.2, 0) is 0 Å². The largest absolute Gasteiger partial charge is 0.0928 e. The molecule has 0 fully saturated rings. The molecule has 0 radical (unpaired) electrons. The van der Waals surface area contributed by atoms with Gasteiger partial charge in [-0.25, -0.2) is 0 Å². The van der Waals surface area contributed by atoms with E-state index in [1.54, 1.807) is 0 Å². The van der Waals surface area contributed by atoms with Gasteiger partial charge in [0.2, 0.25) is 0 Å². The molecule has 0 aliphatic heterocycles. The number of hydrogen-bond donors (Lipinski definition) is 0. The maximum Gasteiger partial charge on any atom is 0.00826 e. The first-order valence-corrected chi connectivity index (χ1v) is 6.98. The van der Waals surface area contributed by atoms with Crippen molar-refractivity contribution in [2.75, 3.05) is 10.7 Å². The molecule has 0 N–H and O–H groups in total. The minimum Gasteiger partial charge on any atom is -0.0928 e. The highest BCUT2D eigenvalue weighted by Gasteiger charge is 2.14. The van der Waals surface area contributed by atoms with E-state index < -0.39 is 0 Å². The monoisotopic (exact) mass is 298 g/mol. The third-order valence-electron chi connectivity index (χ3n) is 2.10. The first-order chi connectivity index (χ1) is 5.62. The van der Waals surface area contributed by atoms with Gasteiger partial charge in [0.05, 0.1) is 0 Å². The van der Waals surface area contributed by atoms with Crippen molar-refractivity contribution in [3.63, 3.8) is 0 Å². The van der Waals surface area contributed by atoms with Crippen molar-refractivity contribution in [3.05, 3.63) is 0 Å². The van der Waals surface area contributed by atoms with Gasteiger partial charge in [-0.3, -0.25) is 0 Å². The van der Waals surface area contributed by atoms with E-state index in [-0.39, 0.29) is 0 Å². The summed E-state index contributed by atoms with van der Waals surface area (Å²) in [6.07, 6.45) is 6.83. The van der Waals surface area contributed by atoms with Crippen LogP contribution in [0.4, 0.5) is 0 Å². The van der Waals surface area contributed by atoms with Crippen LogP contribution in [0.3, 0.4) is 0 Å². The Kier molecular flexibility index (Phi) is 7.96. The molecule has 0 aromatic carbocycles. The first-order valence-electron chi connectivity index (χ1n) is 4.74. The summed E-state index contributed by atoms with van der Waals surface area (Å²) in [5, 5.41) is 2.29. The van der Waals surface area contributed by atoms with Crippen molar-refractivity contribution in [2.45, 2.75) is 46.0 Å². The first kappa shape index (κ1) is 13.0. The van der Waals surface area contributed by atoms with Gasteiger partial charge in [0.15, 0.2) is 0 Å². The predicted molar refractivity (Wildman–Crippen MR) is 64.5 cm³/mol. The zero-order valence-electron chi connectivity index (χ0n) is 8.21. The fourth-order valence-corrected chi connectivity index (χ4v) is 1.80. The molecule has 0 spiro atoms. The minimum atomic E-state index is 0.494. The van der Waals surface area contributed by atoms with Crippen LogP contribution in [0.15, 0.2) is 0 Å². The van der Waals surface area contributed by atoms with Crippen LogP contribution in [0.2, 0.25) is 0 Å². The average molecular weight is 300 g/mol. The molecule has 0 aromatic rings. The summed E-state index contributed by atoms with van der Waals surface area (Å²) in [6.45, 7) is 4.65. The van der Waals surface area contributed by atoms with Crippen LogP contribution in [0.1, 0.15) is 46.0 Å². The van der Waals surface area contributed by atoms with Gasteiger partial charge < -0.3 is 0 Å². The van der Waals surface area contributed by atoms with Gasteiger partial charge in [-0.15, -0.1) is 0 Å². The van der Waals surface area contributed by atoms with E-state index in [4.69, 9.17) is 0 Å². The van der Waals surface area contributed by atoms with Gasteiger partial charge >= 0.3 is 0 Å². The standard InChI is InChI=1S/C10H20Br2/c1-10(2,9-12)7-5-3-4-6-8-11/h3-9H2,1-2H3. The van der Waals surface area contributed by atoms with Gasteiger partial charge in [-0.05, 0) is 18.3 Å². The molecule has 0 nitrogen and oxygen atoms in total. The average Bonchev–Trinajstić information content (AvgIpc) is 2.04. The smallest absolute Gasteiger partial charge is 0.00826 e. The van der Waals surface area contributed by atoms with Crippen LogP contribution in [0.25, 0.3) is 0 Å². The quantitative estimate of drug-likeness (QED) is 0.470. The highest BCUT2D eigenvalue weighted by atomic mass is 79.9. The predicted octanol–water partition coefficient (Wildman–Crippen LogP) is 4.75. The highest BCUT2D eigenvalue weighted by molar-refractivity contribution is 9.09. The van der Waals surface area contributed by atoms with Gasteiger partial charge in [-0.1, -0.05) is 65.0 Å². The van der Waals surface area contributed by atoms with Gasteiger partial charge in [-0.2, -0.15) is 0 Å². The van der Waals surface area contributed by atoms with E-state index in [9.17, 15) is 0 Å². The van der Waals surface area contributed by atoms with E-state index in [1.165, 1.54) is 32.1 Å². The third-order valence-corrected chi connectivity index (χ3v) is 4.18. The summed E-state index contributed by atoms with van der Waals surface area (Å²) in [5.74, 6) is 0. The number of hydrogen-bond acceptors (Lipinski definition) is 0. The molecular weight excluding hydrogens is 280 g/mol. The second-order valence-electron chi connectivity index (χ2n) is 4.15. The number of alkyl halides is 2. The molecule has 12 heavy (non-hydrogen) atoms. The van der Waals surface area contributed by atoms with Crippen LogP contribution >= 0.6 is 31.9 Å². The lowest BCUT2D eigenvalue weighted by Gasteiger charge is -2.20. The van der Waals surface area contributed by atoms with E-state index in [2.05, 4.69) is 45.7 Å². The summed E-state index contributed by atoms with van der Waals surface area (Å²) >= 11 is 6.99. The number of rotatable bonds is 7. The minimum absolute atomic E-state index is 0.494. The highest BCUT2D eigenvalue weighted by Crippen LogP contribution is 2.25. The van der Waals surface area contributed by atoms with Crippen LogP contribution in [0.5, 0.6) is 0 Å². The van der Waals surface area contributed by atoms with Crippen molar-refractivity contribution in [2.24, 2.45) is 5.41 Å². The van der Waals surface area contributed by atoms with Gasteiger partial charge in [0.25, 0.3) is 0 Å². The van der Waals surface area contributed by atoms with Crippen molar-refractivity contribution in [3.8, 4) is 0 Å². The molecule has 0 aromatic heterocycles. The summed E-state index contributed by atoms with van der Waals surface area (Å²) in [6, 6.07) is 0. The molecule has 0 atom stereocenters. The van der Waals surface area contributed by atoms with Crippen molar-refractivity contribution in [1.82, 2.24) is 0 Å². The van der Waals surface area contributed by atoms with Crippen LogP contribution < -0.4 is 0 Å². The summed E-state index contributed by atoms with van der Waals surface area (Å²) in [7, 11) is 0. The zero-order chi connectivity index (χ0) is 9.45. The number of unbranched alkanes of at least 4 members (excludes halogenated alkanes) is 3. The van der Waals surface area contributed by atoms with Gasteiger partial charge in [0, 0.05) is 10.7 Å². The molecule has 0 rings (SSSR count). The van der Waals surface area contributed by atoms with Gasteiger partial charge in [0.1, 0.15) is 0 Å². The Hall–Kier alpha value is 0.960. The Morgan fingerprint density at radius 2 is 1.50 bits per heavy atom. The second-order valence-corrected chi connectivity index (χ2v) is 5.50. The molecule has 0 bridgehead atoms. The molecule has 0 heterocycles. The van der Waals surface area contributed by atoms with Crippen molar-refractivity contribution < 1.29 is 0 Å². The molecule has 0 amide bonds. The topological polar surface area (TPSA) is 0 Å². The lowest BCUT2D eigenvalue weighted by atomic mass is 9.89. The second kappa shape index (κ2) is 7.37. The lowest BCUT2D eigenvalue weighted by Crippen LogP contribution is -2.12. The molecule has 74 valence electrons. The Bertz CT molecular complexity index is 100. The summed E-state index contributed by atoms with van der Waals surface area (Å²) in [5.41, 5.74) is 0.494. The molecule has 2 heteroatoms. The molecule has 0 aliphatic carbocycles. The lowest BCUT2D eigenvalue weighted by molar-refractivity contribution is 0.369. The van der Waals surface area contributed by atoms with E-state index in [0.29, 0.717) is 5.41 Å². The van der Waals surface area contributed by atoms with E-state index >= 15 is 0 Å². The summed E-state index contributed by atoms with van der Waals surface area (Å²) in [4.78, 5) is 0. The zero-order valence-corrected chi connectivity index (χ0v) is 11.4. The molecule has 0 saturated carbocycles. The normalized spacial score (nSPS) is 12.0. The van der Waals surface area contributed by atoms with E-state index in [1.807, 2.05) is 0 Å². The molecule has 0 unspecified atom stereocenters.